The Kier molecular flexibility index (Phi) is 6.43. The highest BCUT2D eigenvalue weighted by atomic mass is 32.1. The van der Waals surface area contributed by atoms with Crippen LogP contribution in [0, 0.1) is 5.92 Å². The van der Waals surface area contributed by atoms with Crippen molar-refractivity contribution in [3.8, 4) is 22.7 Å². The lowest BCUT2D eigenvalue weighted by Gasteiger charge is -2.09. The summed E-state index contributed by atoms with van der Waals surface area (Å²) in [4.78, 5) is 13.2. The molecule has 156 valence electrons. The maximum atomic E-state index is 12.5. The van der Waals surface area contributed by atoms with Crippen molar-refractivity contribution in [3.05, 3.63) is 94.8 Å². The molecule has 31 heavy (non-hydrogen) atoms. The molecular weight excluding hydrogens is 404 g/mol. The Balaban J connectivity index is 1.66. The summed E-state index contributed by atoms with van der Waals surface area (Å²) >= 11 is 1.44. The Labute approximate surface area is 186 Å². The second-order valence-corrected chi connectivity index (χ2v) is 8.56. The second-order valence-electron chi connectivity index (χ2n) is 7.62. The van der Waals surface area contributed by atoms with Crippen molar-refractivity contribution in [2.45, 2.75) is 13.8 Å². The molecule has 2 aromatic carbocycles. The summed E-state index contributed by atoms with van der Waals surface area (Å²) in [6, 6.07) is 21.6. The molecule has 0 unspecified atom stereocenters. The van der Waals surface area contributed by atoms with Crippen LogP contribution in [-0.4, -0.2) is 22.2 Å². The fraction of sp³-hybridized carbons (Fsp3) is 0.154. The van der Waals surface area contributed by atoms with Gasteiger partial charge in [0.25, 0.3) is 0 Å². The van der Waals surface area contributed by atoms with E-state index in [9.17, 15) is 4.79 Å². The third-order valence-corrected chi connectivity index (χ3v) is 5.54. The number of carbonyl (C=O) groups excluding carboxylic acids is 1. The molecular formula is C26H24N2O2S. The Hall–Kier alpha value is -3.44. The summed E-state index contributed by atoms with van der Waals surface area (Å²) < 4.78 is 7.64. The third kappa shape index (κ3) is 5.19. The van der Waals surface area contributed by atoms with E-state index in [0.29, 0.717) is 12.5 Å². The lowest BCUT2D eigenvalue weighted by atomic mass is 10.1. The summed E-state index contributed by atoms with van der Waals surface area (Å²) in [7, 11) is 0. The average Bonchev–Trinajstić information content (AvgIpc) is 3.47. The zero-order chi connectivity index (χ0) is 21.6. The van der Waals surface area contributed by atoms with Gasteiger partial charge in [0.15, 0.2) is 5.78 Å². The fourth-order valence-corrected chi connectivity index (χ4v) is 3.73. The van der Waals surface area contributed by atoms with Crippen LogP contribution in [0.5, 0.6) is 5.75 Å². The first kappa shape index (κ1) is 20.8. The van der Waals surface area contributed by atoms with E-state index in [0.717, 1.165) is 33.1 Å². The largest absolute Gasteiger partial charge is 0.493 e. The monoisotopic (exact) mass is 428 g/mol. The van der Waals surface area contributed by atoms with Gasteiger partial charge in [0.05, 0.1) is 22.9 Å². The minimum absolute atomic E-state index is 0.00848. The number of hydrogen-bond acceptors (Lipinski definition) is 4. The van der Waals surface area contributed by atoms with Gasteiger partial charge in [-0.1, -0.05) is 38.1 Å². The molecule has 0 spiro atoms. The van der Waals surface area contributed by atoms with Crippen molar-refractivity contribution in [3.63, 3.8) is 0 Å². The molecule has 4 rings (SSSR count). The van der Waals surface area contributed by atoms with Gasteiger partial charge >= 0.3 is 0 Å². The van der Waals surface area contributed by atoms with Crippen LogP contribution in [0.2, 0.25) is 0 Å². The topological polar surface area (TPSA) is 44.1 Å². The van der Waals surface area contributed by atoms with Gasteiger partial charge < -0.3 is 4.74 Å². The van der Waals surface area contributed by atoms with E-state index in [2.05, 4.69) is 13.8 Å². The van der Waals surface area contributed by atoms with E-state index in [-0.39, 0.29) is 5.78 Å². The standard InChI is InChI=1S/C26H24N2O2S/c1-19(2)18-30-23-13-10-20(11-14-23)26-21(12-15-24(29)25-9-6-16-31-25)17-28(27-26)22-7-4-3-5-8-22/h3-17,19H,18H2,1-2H3. The molecule has 2 heterocycles. The van der Waals surface area contributed by atoms with Gasteiger partial charge in [0, 0.05) is 17.3 Å². The Morgan fingerprint density at radius 3 is 2.52 bits per heavy atom. The molecule has 0 saturated heterocycles. The lowest BCUT2D eigenvalue weighted by molar-refractivity contribution is 0.105. The van der Waals surface area contributed by atoms with E-state index in [1.165, 1.54) is 11.3 Å². The molecule has 0 N–H and O–H groups in total. The highest BCUT2D eigenvalue weighted by Crippen LogP contribution is 2.27. The van der Waals surface area contributed by atoms with Crippen molar-refractivity contribution in [1.82, 2.24) is 9.78 Å². The Morgan fingerprint density at radius 2 is 1.84 bits per heavy atom. The number of allylic oxidation sites excluding steroid dienone is 1. The molecule has 0 bridgehead atoms. The highest BCUT2D eigenvalue weighted by Gasteiger charge is 2.12. The van der Waals surface area contributed by atoms with Crippen molar-refractivity contribution in [2.24, 2.45) is 5.92 Å². The number of para-hydroxylation sites is 1. The second kappa shape index (κ2) is 9.58. The van der Waals surface area contributed by atoms with Crippen LogP contribution in [0.4, 0.5) is 0 Å². The summed E-state index contributed by atoms with van der Waals surface area (Å²) in [6.07, 6.45) is 5.40. The Morgan fingerprint density at radius 1 is 1.06 bits per heavy atom. The zero-order valence-electron chi connectivity index (χ0n) is 17.6. The maximum absolute atomic E-state index is 12.5. The van der Waals surface area contributed by atoms with Gasteiger partial charge in [-0.05, 0) is 65.9 Å². The summed E-state index contributed by atoms with van der Waals surface area (Å²) in [6.45, 7) is 4.93. The zero-order valence-corrected chi connectivity index (χ0v) is 18.4. The van der Waals surface area contributed by atoms with E-state index in [1.807, 2.05) is 89.1 Å². The third-order valence-electron chi connectivity index (χ3n) is 4.65. The van der Waals surface area contributed by atoms with Gasteiger partial charge in [-0.2, -0.15) is 5.10 Å². The normalized spacial score (nSPS) is 11.3. The summed E-state index contributed by atoms with van der Waals surface area (Å²) in [5.74, 6) is 1.30. The lowest BCUT2D eigenvalue weighted by Crippen LogP contribution is -2.04. The van der Waals surface area contributed by atoms with Crippen LogP contribution in [0.15, 0.2) is 84.4 Å². The van der Waals surface area contributed by atoms with Gasteiger partial charge in [-0.3, -0.25) is 4.79 Å². The number of carbonyl (C=O) groups is 1. The minimum Gasteiger partial charge on any atom is -0.493 e. The van der Waals surface area contributed by atoms with Gasteiger partial charge in [-0.15, -0.1) is 11.3 Å². The molecule has 0 fully saturated rings. The van der Waals surface area contributed by atoms with E-state index >= 15 is 0 Å². The molecule has 2 aromatic heterocycles. The highest BCUT2D eigenvalue weighted by molar-refractivity contribution is 7.12. The molecule has 0 amide bonds. The average molecular weight is 429 g/mol. The van der Waals surface area contributed by atoms with Crippen molar-refractivity contribution in [1.29, 1.82) is 0 Å². The predicted molar refractivity (Wildman–Crippen MR) is 127 cm³/mol. The first-order chi connectivity index (χ1) is 15.1. The first-order valence-electron chi connectivity index (χ1n) is 10.2. The van der Waals surface area contributed by atoms with Crippen molar-refractivity contribution < 1.29 is 9.53 Å². The Bertz CT molecular complexity index is 1160. The summed E-state index contributed by atoms with van der Waals surface area (Å²) in [5.41, 5.74) is 3.62. The number of benzene rings is 2. The molecule has 0 radical (unpaired) electrons. The van der Waals surface area contributed by atoms with Crippen LogP contribution >= 0.6 is 11.3 Å². The van der Waals surface area contributed by atoms with E-state index in [1.54, 1.807) is 6.08 Å². The number of aromatic nitrogens is 2. The summed E-state index contributed by atoms with van der Waals surface area (Å²) in [5, 5.41) is 6.72. The maximum Gasteiger partial charge on any atom is 0.195 e. The van der Waals surface area contributed by atoms with Crippen LogP contribution in [-0.2, 0) is 0 Å². The minimum atomic E-state index is -0.00848. The number of ether oxygens (including phenoxy) is 1. The first-order valence-corrected chi connectivity index (χ1v) is 11.1. The smallest absolute Gasteiger partial charge is 0.195 e. The van der Waals surface area contributed by atoms with Crippen molar-refractivity contribution in [2.75, 3.05) is 6.61 Å². The molecule has 0 atom stereocenters. The predicted octanol–water partition coefficient (Wildman–Crippen LogP) is 6.53. The number of nitrogens with zero attached hydrogens (tertiary/aromatic N) is 2. The van der Waals surface area contributed by atoms with E-state index < -0.39 is 0 Å². The molecule has 4 aromatic rings. The van der Waals surface area contributed by atoms with E-state index in [4.69, 9.17) is 9.84 Å². The van der Waals surface area contributed by atoms with Crippen LogP contribution < -0.4 is 4.74 Å². The molecule has 0 aliphatic carbocycles. The van der Waals surface area contributed by atoms with Gasteiger partial charge in [0.2, 0.25) is 0 Å². The fourth-order valence-electron chi connectivity index (χ4n) is 3.08. The number of hydrogen-bond donors (Lipinski definition) is 0. The van der Waals surface area contributed by atoms with Crippen LogP contribution in [0.25, 0.3) is 23.0 Å². The molecule has 4 nitrogen and oxygen atoms in total. The van der Waals surface area contributed by atoms with Crippen molar-refractivity contribution >= 4 is 23.2 Å². The van der Waals surface area contributed by atoms with Crippen LogP contribution in [0.3, 0.4) is 0 Å². The van der Waals surface area contributed by atoms with Crippen LogP contribution in [0.1, 0.15) is 29.1 Å². The quantitative estimate of drug-likeness (QED) is 0.237. The molecule has 0 aliphatic rings. The molecule has 0 saturated carbocycles. The number of thiophene rings is 1. The number of rotatable bonds is 8. The van der Waals surface area contributed by atoms with Gasteiger partial charge in [-0.25, -0.2) is 4.68 Å². The number of ketones is 1. The molecule has 5 heteroatoms. The van der Waals surface area contributed by atoms with Gasteiger partial charge in [0.1, 0.15) is 5.75 Å². The molecule has 0 aliphatic heterocycles. The SMILES string of the molecule is CC(C)COc1ccc(-c2nn(-c3ccccc3)cc2C=CC(=O)c2cccs2)cc1.